The fourth-order valence-corrected chi connectivity index (χ4v) is 11.2. The van der Waals surface area contributed by atoms with Crippen molar-refractivity contribution in [1.82, 2.24) is 0 Å². The molecule has 0 amide bonds. The highest BCUT2D eigenvalue weighted by atomic mass is 28.4. The van der Waals surface area contributed by atoms with Crippen LogP contribution in [0.4, 0.5) is 0 Å². The molecular formula is C16H29OSi2. The number of hydrogen-bond acceptors (Lipinski definition) is 1. The predicted octanol–water partition coefficient (Wildman–Crippen LogP) is 5.11. The molecular weight excluding hydrogens is 264 g/mol. The quantitative estimate of drug-likeness (QED) is 0.662. The molecule has 0 saturated heterocycles. The Bertz CT molecular complexity index is 391. The normalized spacial score (nSPS) is 12.7. The van der Waals surface area contributed by atoms with Crippen molar-refractivity contribution in [3.05, 3.63) is 35.4 Å². The predicted molar refractivity (Wildman–Crippen MR) is 89.4 cm³/mol. The van der Waals surface area contributed by atoms with E-state index in [2.05, 4.69) is 72.0 Å². The van der Waals surface area contributed by atoms with Crippen LogP contribution in [-0.4, -0.2) is 17.4 Å². The van der Waals surface area contributed by atoms with E-state index in [9.17, 15) is 0 Å². The van der Waals surface area contributed by atoms with Gasteiger partial charge in [0, 0.05) is 0 Å². The lowest BCUT2D eigenvalue weighted by atomic mass is 10.1. The van der Waals surface area contributed by atoms with Gasteiger partial charge in [0.1, 0.15) is 0 Å². The maximum Gasteiger partial charge on any atom is 0.191 e. The summed E-state index contributed by atoms with van der Waals surface area (Å²) in [5.41, 5.74) is 4.21. The van der Waals surface area contributed by atoms with Crippen LogP contribution in [0.25, 0.3) is 0 Å². The van der Waals surface area contributed by atoms with Gasteiger partial charge in [-0.05, 0) is 48.3 Å². The number of benzene rings is 1. The highest BCUT2D eigenvalue weighted by Crippen LogP contribution is 2.37. The third kappa shape index (κ3) is 4.04. The zero-order chi connectivity index (χ0) is 14.6. The van der Waals surface area contributed by atoms with E-state index >= 15 is 0 Å². The van der Waals surface area contributed by atoms with E-state index in [1.165, 1.54) is 11.1 Å². The molecule has 1 radical (unpaired) electrons. The summed E-state index contributed by atoms with van der Waals surface area (Å²) in [5.74, 6) is 0. The van der Waals surface area contributed by atoms with Crippen LogP contribution in [0, 0.1) is 6.92 Å². The van der Waals surface area contributed by atoms with Crippen LogP contribution in [0.1, 0.15) is 38.8 Å². The van der Waals surface area contributed by atoms with E-state index in [-0.39, 0.29) is 0 Å². The van der Waals surface area contributed by atoms with Gasteiger partial charge in [0.05, 0.1) is 0 Å². The van der Waals surface area contributed by atoms with Crippen LogP contribution in [0.5, 0.6) is 0 Å². The fourth-order valence-electron chi connectivity index (χ4n) is 2.83. The summed E-state index contributed by atoms with van der Waals surface area (Å²) < 4.78 is 6.66. The van der Waals surface area contributed by atoms with Crippen molar-refractivity contribution in [2.45, 2.75) is 64.8 Å². The zero-order valence-corrected chi connectivity index (χ0v) is 15.6. The van der Waals surface area contributed by atoms with E-state index in [4.69, 9.17) is 4.12 Å². The highest BCUT2D eigenvalue weighted by molar-refractivity contribution is 6.81. The summed E-state index contributed by atoms with van der Waals surface area (Å²) in [4.78, 5) is 0. The SMILES string of the molecule is Cc1ccccc1C[Si](O[Si](C)C)(C(C)C)C(C)C. The van der Waals surface area contributed by atoms with Gasteiger partial charge < -0.3 is 4.12 Å². The van der Waals surface area contributed by atoms with Crippen LogP contribution >= 0.6 is 0 Å². The van der Waals surface area contributed by atoms with Crippen LogP contribution in [0.2, 0.25) is 24.2 Å². The third-order valence-electron chi connectivity index (χ3n) is 4.08. The molecule has 0 aliphatic carbocycles. The van der Waals surface area contributed by atoms with E-state index in [0.717, 1.165) is 6.04 Å². The molecule has 1 rings (SSSR count). The molecule has 0 saturated carbocycles. The average Bonchev–Trinajstić information content (AvgIpc) is 2.29. The first-order valence-electron chi connectivity index (χ1n) is 7.33. The van der Waals surface area contributed by atoms with Crippen LogP contribution < -0.4 is 0 Å². The summed E-state index contributed by atoms with van der Waals surface area (Å²) >= 11 is 0. The Morgan fingerprint density at radius 1 is 1.05 bits per heavy atom. The van der Waals surface area contributed by atoms with Crippen LogP contribution in [0.3, 0.4) is 0 Å². The molecule has 1 nitrogen and oxygen atoms in total. The van der Waals surface area contributed by atoms with Crippen molar-refractivity contribution < 1.29 is 4.12 Å². The third-order valence-corrected chi connectivity index (χ3v) is 12.1. The van der Waals surface area contributed by atoms with Gasteiger partial charge in [0.25, 0.3) is 0 Å². The van der Waals surface area contributed by atoms with Crippen molar-refractivity contribution in [2.24, 2.45) is 0 Å². The van der Waals surface area contributed by atoms with Gasteiger partial charge in [0.2, 0.25) is 0 Å². The molecule has 0 aliphatic rings. The molecule has 0 heterocycles. The summed E-state index contributed by atoms with van der Waals surface area (Å²) in [6, 6.07) is 9.95. The number of hydrogen-bond donors (Lipinski definition) is 0. The molecule has 107 valence electrons. The molecule has 0 spiro atoms. The van der Waals surface area contributed by atoms with Crippen LogP contribution in [-0.2, 0) is 10.2 Å². The first kappa shape index (κ1) is 16.7. The smallest absolute Gasteiger partial charge is 0.191 e. The first-order chi connectivity index (χ1) is 8.79. The lowest BCUT2D eigenvalue weighted by Gasteiger charge is -2.41. The van der Waals surface area contributed by atoms with E-state index in [0.29, 0.717) is 11.1 Å². The first-order valence-corrected chi connectivity index (χ1v) is 12.0. The summed E-state index contributed by atoms with van der Waals surface area (Å²) in [6.45, 7) is 16.2. The Morgan fingerprint density at radius 2 is 1.58 bits per heavy atom. The van der Waals surface area contributed by atoms with E-state index < -0.39 is 17.4 Å². The second kappa shape index (κ2) is 6.86. The lowest BCUT2D eigenvalue weighted by Crippen LogP contribution is -2.50. The van der Waals surface area contributed by atoms with E-state index in [1.54, 1.807) is 0 Å². The van der Waals surface area contributed by atoms with Gasteiger partial charge in [-0.15, -0.1) is 0 Å². The maximum absolute atomic E-state index is 6.66. The Labute approximate surface area is 122 Å². The Kier molecular flexibility index (Phi) is 6.02. The number of rotatable bonds is 6. The fraction of sp³-hybridized carbons (Fsp3) is 0.625. The molecule has 0 fully saturated rings. The second-order valence-corrected chi connectivity index (χ2v) is 13.6. The molecule has 1 aromatic carbocycles. The standard InChI is InChI=1S/C16H29OSi2/c1-13(2)19(14(3)4,17-18(6)7)12-16-11-9-8-10-15(16)5/h8-11,13-14H,12H2,1-7H3. The van der Waals surface area contributed by atoms with Gasteiger partial charge in [-0.2, -0.15) is 0 Å². The summed E-state index contributed by atoms with van der Waals surface area (Å²) in [6.07, 6.45) is 0. The number of aryl methyl sites for hydroxylation is 1. The molecule has 0 unspecified atom stereocenters. The molecule has 0 bridgehead atoms. The zero-order valence-electron chi connectivity index (χ0n) is 13.6. The lowest BCUT2D eigenvalue weighted by molar-refractivity contribution is 0.511. The Balaban J connectivity index is 3.13. The maximum atomic E-state index is 6.66. The molecule has 0 aromatic heterocycles. The van der Waals surface area contributed by atoms with Gasteiger partial charge in [-0.25, -0.2) is 0 Å². The molecule has 0 aliphatic heterocycles. The molecule has 1 aromatic rings. The van der Waals surface area contributed by atoms with Gasteiger partial charge >= 0.3 is 0 Å². The molecule has 3 heteroatoms. The van der Waals surface area contributed by atoms with Crippen molar-refractivity contribution in [1.29, 1.82) is 0 Å². The van der Waals surface area contributed by atoms with Crippen molar-refractivity contribution >= 4 is 17.4 Å². The second-order valence-electron chi connectivity index (χ2n) is 6.38. The van der Waals surface area contributed by atoms with E-state index in [1.807, 2.05) is 0 Å². The Morgan fingerprint density at radius 3 is 2.00 bits per heavy atom. The Hall–Kier alpha value is -0.386. The van der Waals surface area contributed by atoms with Gasteiger partial charge in [-0.3, -0.25) is 0 Å². The monoisotopic (exact) mass is 293 g/mol. The summed E-state index contributed by atoms with van der Waals surface area (Å²) in [7, 11) is -2.39. The molecule has 0 N–H and O–H groups in total. The van der Waals surface area contributed by atoms with Gasteiger partial charge in [0.15, 0.2) is 17.4 Å². The summed E-state index contributed by atoms with van der Waals surface area (Å²) in [5, 5.41) is 0. The molecule has 19 heavy (non-hydrogen) atoms. The minimum absolute atomic E-state index is 0.650. The van der Waals surface area contributed by atoms with Crippen molar-refractivity contribution in [3.8, 4) is 0 Å². The minimum Gasteiger partial charge on any atom is -0.455 e. The topological polar surface area (TPSA) is 9.23 Å². The average molecular weight is 294 g/mol. The minimum atomic E-state index is -1.74. The highest BCUT2D eigenvalue weighted by Gasteiger charge is 2.42. The van der Waals surface area contributed by atoms with Crippen LogP contribution in [0.15, 0.2) is 24.3 Å². The largest absolute Gasteiger partial charge is 0.455 e. The van der Waals surface area contributed by atoms with Crippen molar-refractivity contribution in [2.75, 3.05) is 0 Å². The molecule has 0 atom stereocenters. The van der Waals surface area contributed by atoms with Gasteiger partial charge in [-0.1, -0.05) is 52.0 Å². The van der Waals surface area contributed by atoms with Crippen molar-refractivity contribution in [3.63, 3.8) is 0 Å².